The molecule has 0 aliphatic rings. The molecule has 0 bridgehead atoms. The van der Waals surface area contributed by atoms with E-state index in [2.05, 4.69) is 20.4 Å². The van der Waals surface area contributed by atoms with Gasteiger partial charge in [0.15, 0.2) is 5.82 Å². The first-order chi connectivity index (χ1) is 8.61. The normalized spacial score (nSPS) is 10.1. The van der Waals surface area contributed by atoms with Gasteiger partial charge in [-0.05, 0) is 19.1 Å². The van der Waals surface area contributed by atoms with Gasteiger partial charge in [0.2, 0.25) is 5.82 Å². The van der Waals surface area contributed by atoms with Gasteiger partial charge in [0.05, 0.1) is 12.0 Å². The van der Waals surface area contributed by atoms with E-state index in [0.717, 1.165) is 0 Å². The van der Waals surface area contributed by atoms with Gasteiger partial charge in [0.25, 0.3) is 5.69 Å². The molecular weight excluding hydrogens is 238 g/mol. The Hall–Kier alpha value is -2.64. The summed E-state index contributed by atoms with van der Waals surface area (Å²) in [7, 11) is 1.47. The standard InChI is InChI=1S/C10H9N5O3/c1-6-11-13-10(14-12-6)8-5-7(18-2)3-4-9(8)15(16)17/h3-5H,1-2H3. The fraction of sp³-hybridized carbons (Fsp3) is 0.200. The van der Waals surface area contributed by atoms with Gasteiger partial charge in [0, 0.05) is 6.07 Å². The van der Waals surface area contributed by atoms with Crippen molar-refractivity contribution < 1.29 is 9.66 Å². The van der Waals surface area contributed by atoms with Crippen LogP contribution in [0.4, 0.5) is 5.69 Å². The molecule has 0 N–H and O–H groups in total. The van der Waals surface area contributed by atoms with Crippen LogP contribution >= 0.6 is 0 Å². The highest BCUT2D eigenvalue weighted by Gasteiger charge is 2.19. The molecule has 0 fully saturated rings. The molecular formula is C10H9N5O3. The maximum atomic E-state index is 10.9. The number of nitro benzene ring substituents is 1. The largest absolute Gasteiger partial charge is 0.497 e. The molecule has 0 spiro atoms. The maximum absolute atomic E-state index is 10.9. The van der Waals surface area contributed by atoms with E-state index in [-0.39, 0.29) is 17.1 Å². The highest BCUT2D eigenvalue weighted by Crippen LogP contribution is 2.30. The zero-order chi connectivity index (χ0) is 13.1. The molecule has 0 aliphatic heterocycles. The first-order valence-corrected chi connectivity index (χ1v) is 4.98. The molecule has 0 saturated heterocycles. The van der Waals surface area contributed by atoms with E-state index in [1.807, 2.05) is 0 Å². The Labute approximate surface area is 102 Å². The van der Waals surface area contributed by atoms with Crippen molar-refractivity contribution in [3.8, 4) is 17.1 Å². The predicted octanol–water partition coefficient (Wildman–Crippen LogP) is 1.16. The highest BCUT2D eigenvalue weighted by atomic mass is 16.6. The fourth-order valence-electron chi connectivity index (χ4n) is 1.37. The molecule has 0 unspecified atom stereocenters. The van der Waals surface area contributed by atoms with E-state index < -0.39 is 4.92 Å². The van der Waals surface area contributed by atoms with Crippen LogP contribution in [-0.4, -0.2) is 32.4 Å². The Balaban J connectivity index is 2.59. The van der Waals surface area contributed by atoms with Crippen molar-refractivity contribution in [2.24, 2.45) is 0 Å². The van der Waals surface area contributed by atoms with Crippen molar-refractivity contribution >= 4 is 5.69 Å². The molecule has 2 aromatic rings. The summed E-state index contributed by atoms with van der Waals surface area (Å²) >= 11 is 0. The Morgan fingerprint density at radius 2 is 1.89 bits per heavy atom. The molecule has 0 aliphatic carbocycles. The molecule has 2 rings (SSSR count). The van der Waals surface area contributed by atoms with Crippen LogP contribution in [-0.2, 0) is 0 Å². The third kappa shape index (κ3) is 2.21. The molecule has 1 heterocycles. The van der Waals surface area contributed by atoms with Crippen LogP contribution in [0.1, 0.15) is 5.82 Å². The number of rotatable bonds is 3. The molecule has 92 valence electrons. The maximum Gasteiger partial charge on any atom is 0.280 e. The van der Waals surface area contributed by atoms with Crippen LogP contribution in [0.15, 0.2) is 18.2 Å². The lowest BCUT2D eigenvalue weighted by Crippen LogP contribution is -2.01. The third-order valence-electron chi connectivity index (χ3n) is 2.22. The van der Waals surface area contributed by atoms with E-state index in [4.69, 9.17) is 4.74 Å². The first kappa shape index (κ1) is 11.8. The molecule has 8 nitrogen and oxygen atoms in total. The van der Waals surface area contributed by atoms with Gasteiger partial charge in [0.1, 0.15) is 11.3 Å². The summed E-state index contributed by atoms with van der Waals surface area (Å²) in [6.45, 7) is 1.63. The fourth-order valence-corrected chi connectivity index (χ4v) is 1.37. The second-order valence-electron chi connectivity index (χ2n) is 3.41. The third-order valence-corrected chi connectivity index (χ3v) is 2.22. The Bertz CT molecular complexity index is 585. The van der Waals surface area contributed by atoms with E-state index >= 15 is 0 Å². The van der Waals surface area contributed by atoms with Gasteiger partial charge in [-0.1, -0.05) is 0 Å². The number of aromatic nitrogens is 4. The summed E-state index contributed by atoms with van der Waals surface area (Å²) in [6.07, 6.45) is 0. The van der Waals surface area contributed by atoms with Gasteiger partial charge in [-0.3, -0.25) is 10.1 Å². The summed E-state index contributed by atoms with van der Waals surface area (Å²) in [6, 6.07) is 4.31. The molecule has 18 heavy (non-hydrogen) atoms. The molecule has 0 atom stereocenters. The van der Waals surface area contributed by atoms with Crippen molar-refractivity contribution in [1.82, 2.24) is 20.4 Å². The molecule has 0 radical (unpaired) electrons. The topological polar surface area (TPSA) is 104 Å². The Kier molecular flexibility index (Phi) is 3.09. The molecule has 8 heteroatoms. The van der Waals surface area contributed by atoms with Crippen LogP contribution in [0.25, 0.3) is 11.4 Å². The van der Waals surface area contributed by atoms with Crippen molar-refractivity contribution in [1.29, 1.82) is 0 Å². The lowest BCUT2D eigenvalue weighted by atomic mass is 10.1. The lowest BCUT2D eigenvalue weighted by Gasteiger charge is -2.03. The SMILES string of the molecule is COc1ccc([N+](=O)[O-])c(-c2nnc(C)nn2)c1. The van der Waals surface area contributed by atoms with E-state index in [1.165, 1.54) is 25.3 Å². The number of ether oxygens (including phenoxy) is 1. The van der Waals surface area contributed by atoms with Crippen LogP contribution < -0.4 is 4.74 Å². The second-order valence-corrected chi connectivity index (χ2v) is 3.41. The smallest absolute Gasteiger partial charge is 0.280 e. The summed E-state index contributed by atoms with van der Waals surface area (Å²) in [5, 5.41) is 25.9. The van der Waals surface area contributed by atoms with Crippen molar-refractivity contribution in [2.75, 3.05) is 7.11 Å². The molecule has 0 amide bonds. The lowest BCUT2D eigenvalue weighted by molar-refractivity contribution is -0.384. The second kappa shape index (κ2) is 4.70. The van der Waals surface area contributed by atoms with Gasteiger partial charge in [-0.25, -0.2) is 0 Å². The monoisotopic (exact) mass is 247 g/mol. The summed E-state index contributed by atoms with van der Waals surface area (Å²) < 4.78 is 5.02. The number of benzene rings is 1. The number of nitro groups is 1. The highest BCUT2D eigenvalue weighted by molar-refractivity contribution is 5.69. The minimum absolute atomic E-state index is 0.0891. The quantitative estimate of drug-likeness (QED) is 0.591. The Morgan fingerprint density at radius 3 is 2.44 bits per heavy atom. The van der Waals surface area contributed by atoms with Crippen molar-refractivity contribution in [3.05, 3.63) is 34.1 Å². The van der Waals surface area contributed by atoms with Gasteiger partial charge >= 0.3 is 0 Å². The molecule has 1 aromatic carbocycles. The summed E-state index contributed by atoms with van der Waals surface area (Å²) in [5.41, 5.74) is 0.0996. The van der Waals surface area contributed by atoms with E-state index in [0.29, 0.717) is 11.6 Å². The summed E-state index contributed by atoms with van der Waals surface area (Å²) in [5.74, 6) is 0.954. The number of nitrogens with zero attached hydrogens (tertiary/aromatic N) is 5. The Morgan fingerprint density at radius 1 is 1.22 bits per heavy atom. The average molecular weight is 247 g/mol. The summed E-state index contributed by atoms with van der Waals surface area (Å²) in [4.78, 5) is 10.4. The number of hydrogen-bond donors (Lipinski definition) is 0. The number of aryl methyl sites for hydroxylation is 1. The predicted molar refractivity (Wildman–Crippen MR) is 61.0 cm³/mol. The van der Waals surface area contributed by atoms with Gasteiger partial charge in [-0.2, -0.15) is 0 Å². The molecule has 0 saturated carbocycles. The van der Waals surface area contributed by atoms with Crippen molar-refractivity contribution in [3.63, 3.8) is 0 Å². The average Bonchev–Trinajstić information content (AvgIpc) is 2.38. The van der Waals surface area contributed by atoms with E-state index in [1.54, 1.807) is 6.92 Å². The van der Waals surface area contributed by atoms with Crippen LogP contribution in [0.3, 0.4) is 0 Å². The van der Waals surface area contributed by atoms with E-state index in [9.17, 15) is 10.1 Å². The van der Waals surface area contributed by atoms with Gasteiger partial charge in [-0.15, -0.1) is 20.4 Å². The van der Waals surface area contributed by atoms with Crippen LogP contribution in [0.2, 0.25) is 0 Å². The van der Waals surface area contributed by atoms with Crippen LogP contribution in [0, 0.1) is 17.0 Å². The van der Waals surface area contributed by atoms with Gasteiger partial charge < -0.3 is 4.74 Å². The number of hydrogen-bond acceptors (Lipinski definition) is 7. The minimum Gasteiger partial charge on any atom is -0.497 e. The number of methoxy groups -OCH3 is 1. The molecule has 1 aromatic heterocycles. The first-order valence-electron chi connectivity index (χ1n) is 4.98. The minimum atomic E-state index is -0.516. The zero-order valence-corrected chi connectivity index (χ0v) is 9.69. The van der Waals surface area contributed by atoms with Crippen LogP contribution in [0.5, 0.6) is 5.75 Å². The van der Waals surface area contributed by atoms with Crippen molar-refractivity contribution in [2.45, 2.75) is 6.92 Å². The zero-order valence-electron chi connectivity index (χ0n) is 9.69.